The van der Waals surface area contributed by atoms with E-state index in [-0.39, 0.29) is 34.1 Å². The van der Waals surface area contributed by atoms with Gasteiger partial charge < -0.3 is 20.8 Å². The smallest absolute Gasteiger partial charge is 0.220 e. The van der Waals surface area contributed by atoms with E-state index in [2.05, 4.69) is 65.3 Å². The van der Waals surface area contributed by atoms with Crippen LogP contribution in [0.4, 0.5) is 0 Å². The van der Waals surface area contributed by atoms with Gasteiger partial charge in [-0.3, -0.25) is 9.59 Å². The number of nitrogens with one attached hydrogen (secondary N) is 2. The van der Waals surface area contributed by atoms with Crippen LogP contribution in [0, 0.1) is 0 Å². The molecule has 44 heavy (non-hydrogen) atoms. The zero-order chi connectivity index (χ0) is 33.2. The van der Waals surface area contributed by atoms with Gasteiger partial charge in [0.1, 0.15) is 11.5 Å². The highest BCUT2D eigenvalue weighted by atomic mass is 16.3. The first-order valence-corrected chi connectivity index (χ1v) is 16.0. The fourth-order valence-corrected chi connectivity index (χ4v) is 5.22. The van der Waals surface area contributed by atoms with E-state index in [4.69, 9.17) is 0 Å². The van der Waals surface area contributed by atoms with Crippen molar-refractivity contribution in [2.45, 2.75) is 118 Å². The number of rotatable bonds is 15. The molecule has 0 aliphatic carbocycles. The molecule has 0 spiro atoms. The van der Waals surface area contributed by atoms with Crippen molar-refractivity contribution in [3.8, 4) is 11.5 Å². The van der Waals surface area contributed by atoms with E-state index in [1.807, 2.05) is 38.1 Å². The summed E-state index contributed by atoms with van der Waals surface area (Å²) < 4.78 is 0. The third-order valence-electron chi connectivity index (χ3n) is 7.90. The number of unbranched alkanes of at least 4 members (excludes halogenated alkanes) is 3. The highest BCUT2D eigenvalue weighted by Crippen LogP contribution is 2.38. The lowest BCUT2D eigenvalue weighted by Crippen LogP contribution is -2.25. The topological polar surface area (TPSA) is 98.7 Å². The summed E-state index contributed by atoms with van der Waals surface area (Å²) in [4.78, 5) is 24.9. The van der Waals surface area contributed by atoms with Gasteiger partial charge in [0.25, 0.3) is 0 Å². The van der Waals surface area contributed by atoms with Crippen LogP contribution in [0.5, 0.6) is 11.5 Å². The average Bonchev–Trinajstić information content (AvgIpc) is 2.91. The van der Waals surface area contributed by atoms with Gasteiger partial charge in [-0.05, 0) is 84.8 Å². The number of carbonyl (C=O) groups excluding carboxylic acids is 2. The molecular weight excluding hydrogens is 548 g/mol. The summed E-state index contributed by atoms with van der Waals surface area (Å²) >= 11 is 0. The van der Waals surface area contributed by atoms with Crippen LogP contribution in [-0.2, 0) is 33.3 Å². The van der Waals surface area contributed by atoms with E-state index in [1.165, 1.54) is 0 Å². The molecular formula is C38H56N2O4. The predicted octanol–water partition coefficient (Wildman–Crippen LogP) is 8.12. The first-order valence-electron chi connectivity index (χ1n) is 16.0. The lowest BCUT2D eigenvalue weighted by atomic mass is 9.82. The molecule has 0 atom stereocenters. The summed E-state index contributed by atoms with van der Waals surface area (Å²) in [5, 5.41) is 27.4. The van der Waals surface area contributed by atoms with Crippen molar-refractivity contribution in [1.29, 1.82) is 0 Å². The van der Waals surface area contributed by atoms with E-state index in [0.717, 1.165) is 70.2 Å². The van der Waals surface area contributed by atoms with Crippen molar-refractivity contribution in [2.75, 3.05) is 13.1 Å². The summed E-state index contributed by atoms with van der Waals surface area (Å²) in [6, 6.07) is 7.89. The number of phenols is 2. The molecule has 2 aromatic rings. The zero-order valence-electron chi connectivity index (χ0n) is 28.5. The molecule has 6 heteroatoms. The number of benzene rings is 2. The third-order valence-corrected chi connectivity index (χ3v) is 7.90. The predicted molar refractivity (Wildman–Crippen MR) is 184 cm³/mol. The minimum atomic E-state index is -0.214. The molecule has 0 aliphatic heterocycles. The molecule has 0 bridgehead atoms. The van der Waals surface area contributed by atoms with Gasteiger partial charge in [0.2, 0.25) is 11.8 Å². The number of amides is 2. The summed E-state index contributed by atoms with van der Waals surface area (Å²) in [7, 11) is 0. The van der Waals surface area contributed by atoms with Crippen molar-refractivity contribution in [1.82, 2.24) is 10.6 Å². The summed E-state index contributed by atoms with van der Waals surface area (Å²) in [5.74, 6) is 0.606. The second-order valence-electron chi connectivity index (χ2n) is 14.3. The number of aryl methyl sites for hydroxylation is 2. The third kappa shape index (κ3) is 11.2. The summed E-state index contributed by atoms with van der Waals surface area (Å²) in [5.41, 5.74) is 6.46. The maximum Gasteiger partial charge on any atom is 0.220 e. The van der Waals surface area contributed by atoms with E-state index >= 15 is 0 Å². The minimum Gasteiger partial charge on any atom is -0.507 e. The van der Waals surface area contributed by atoms with Crippen molar-refractivity contribution in [3.05, 3.63) is 70.8 Å². The van der Waals surface area contributed by atoms with Crippen molar-refractivity contribution < 1.29 is 19.8 Å². The minimum absolute atomic E-state index is 0.0261. The van der Waals surface area contributed by atoms with Crippen molar-refractivity contribution in [3.63, 3.8) is 0 Å². The highest BCUT2D eigenvalue weighted by molar-refractivity contribution is 5.77. The van der Waals surface area contributed by atoms with E-state index in [1.54, 1.807) is 0 Å². The number of allylic oxidation sites excluding steroid dienone is 2. The van der Waals surface area contributed by atoms with Crippen LogP contribution in [0.3, 0.4) is 0 Å². The van der Waals surface area contributed by atoms with Gasteiger partial charge in [-0.15, -0.1) is 0 Å². The molecule has 0 saturated heterocycles. The zero-order valence-corrected chi connectivity index (χ0v) is 28.5. The molecule has 2 rings (SSSR count). The van der Waals surface area contributed by atoms with Gasteiger partial charge in [0, 0.05) is 48.2 Å². The first kappa shape index (κ1) is 36.7. The molecule has 0 heterocycles. The molecule has 0 radical (unpaired) electrons. The molecule has 0 fully saturated rings. The van der Waals surface area contributed by atoms with Crippen LogP contribution < -0.4 is 10.6 Å². The van der Waals surface area contributed by atoms with Crippen LogP contribution in [0.15, 0.2) is 37.4 Å². The fraction of sp³-hybridized carbons (Fsp3) is 0.526. The lowest BCUT2D eigenvalue weighted by molar-refractivity contribution is -0.121. The van der Waals surface area contributed by atoms with E-state index in [0.29, 0.717) is 38.8 Å². The quantitative estimate of drug-likeness (QED) is 0.154. The number of hydrogen-bond donors (Lipinski definition) is 4. The van der Waals surface area contributed by atoms with Gasteiger partial charge in [0.15, 0.2) is 0 Å². The van der Waals surface area contributed by atoms with Crippen molar-refractivity contribution >= 4 is 23.0 Å². The molecule has 2 aromatic carbocycles. The molecule has 4 N–H and O–H groups in total. The Hall–Kier alpha value is -3.54. The van der Waals surface area contributed by atoms with Gasteiger partial charge in [0.05, 0.1) is 0 Å². The van der Waals surface area contributed by atoms with Gasteiger partial charge in [-0.25, -0.2) is 0 Å². The molecule has 0 aromatic heterocycles. The summed E-state index contributed by atoms with van der Waals surface area (Å²) in [6.07, 6.45) is 5.77. The van der Waals surface area contributed by atoms with Gasteiger partial charge in [-0.1, -0.05) is 79.7 Å². The summed E-state index contributed by atoms with van der Waals surface area (Å²) in [6.45, 7) is 25.4. The average molecular weight is 605 g/mol. The largest absolute Gasteiger partial charge is 0.507 e. The molecule has 6 nitrogen and oxygen atoms in total. The molecule has 0 saturated carbocycles. The normalized spacial score (nSPS) is 11.7. The maximum atomic E-state index is 12.5. The Morgan fingerprint density at radius 1 is 0.636 bits per heavy atom. The highest BCUT2D eigenvalue weighted by Gasteiger charge is 2.23. The number of aromatic hydroxyl groups is 2. The van der Waals surface area contributed by atoms with Gasteiger partial charge >= 0.3 is 0 Å². The van der Waals surface area contributed by atoms with Gasteiger partial charge in [-0.2, -0.15) is 0 Å². The number of phenolic OH excluding ortho intramolecular Hbond substituents is 2. The van der Waals surface area contributed by atoms with Crippen LogP contribution >= 0.6 is 0 Å². The van der Waals surface area contributed by atoms with E-state index in [9.17, 15) is 19.8 Å². The Balaban J connectivity index is 1.68. The second kappa shape index (κ2) is 16.0. The number of hydrogen-bond acceptors (Lipinski definition) is 4. The lowest BCUT2D eigenvalue weighted by Gasteiger charge is -2.23. The Labute approximate surface area is 266 Å². The van der Waals surface area contributed by atoms with E-state index < -0.39 is 0 Å². The standard InChI is InChI=1S/C38H56N2O4/c1-25(2)29-21-27(23-31(35(29)43)37(5,6)7)15-17-33(41)39-19-13-11-12-14-20-40-34(42)18-16-28-22-30(26(3)4)36(44)32(24-28)38(8,9)10/h21-24,43-44H,1,3,11-20H2,2,4-10H3,(H,39,41)(H,40,42). The van der Waals surface area contributed by atoms with Crippen LogP contribution in [0.25, 0.3) is 11.1 Å². The SMILES string of the molecule is C=C(C)c1cc(CCC(=O)NCCCCCCNC(=O)CCc2cc(C(=C)C)c(O)c(C(C)(C)C)c2)cc(C(C)(C)C)c1O. The monoisotopic (exact) mass is 604 g/mol. The maximum absolute atomic E-state index is 12.5. The number of carbonyl (C=O) groups is 2. The molecule has 242 valence electrons. The van der Waals surface area contributed by atoms with Crippen molar-refractivity contribution in [2.24, 2.45) is 0 Å². The first-order chi connectivity index (χ1) is 20.4. The van der Waals surface area contributed by atoms with Crippen LogP contribution in [0.2, 0.25) is 0 Å². The molecule has 0 aliphatic rings. The Morgan fingerprint density at radius 3 is 1.27 bits per heavy atom. The Kier molecular flexibility index (Phi) is 13.3. The second-order valence-corrected chi connectivity index (χ2v) is 14.3. The fourth-order valence-electron chi connectivity index (χ4n) is 5.22. The molecule has 0 unspecified atom stereocenters. The Morgan fingerprint density at radius 2 is 0.977 bits per heavy atom. The van der Waals surface area contributed by atoms with Crippen LogP contribution in [0.1, 0.15) is 127 Å². The molecule has 2 amide bonds. The Bertz CT molecular complexity index is 1240. The van der Waals surface area contributed by atoms with Crippen LogP contribution in [-0.4, -0.2) is 35.1 Å².